The van der Waals surface area contributed by atoms with Crippen LogP contribution in [0.1, 0.15) is 0 Å². The first kappa shape index (κ1) is 12.4. The molecule has 15 heavy (non-hydrogen) atoms. The number of esters is 1. The second-order valence-electron chi connectivity index (χ2n) is 3.77. The quantitative estimate of drug-likeness (QED) is 0.575. The molecule has 1 heterocycles. The number of carbonyl (C=O) groups excluding carboxylic acids is 1. The SMILES string of the molecule is COC(=O)CN(C)CCN1CCOCC1. The maximum absolute atomic E-state index is 11.0. The molecule has 0 aromatic rings. The smallest absolute Gasteiger partial charge is 0.319 e. The van der Waals surface area contributed by atoms with Gasteiger partial charge in [-0.25, -0.2) is 0 Å². The van der Waals surface area contributed by atoms with Gasteiger partial charge in [-0.05, 0) is 7.05 Å². The third kappa shape index (κ3) is 5.11. The molecule has 0 unspecified atom stereocenters. The van der Waals surface area contributed by atoms with E-state index in [-0.39, 0.29) is 5.97 Å². The van der Waals surface area contributed by atoms with Crippen LogP contribution < -0.4 is 0 Å². The van der Waals surface area contributed by atoms with Crippen LogP contribution in [0, 0.1) is 0 Å². The van der Waals surface area contributed by atoms with Crippen molar-refractivity contribution in [3.8, 4) is 0 Å². The molecule has 0 aliphatic carbocycles. The van der Waals surface area contributed by atoms with Crippen molar-refractivity contribution in [1.29, 1.82) is 0 Å². The molecule has 88 valence electrons. The molecule has 0 amide bonds. The number of morpholine rings is 1. The molecule has 0 aromatic heterocycles. The summed E-state index contributed by atoms with van der Waals surface area (Å²) >= 11 is 0. The van der Waals surface area contributed by atoms with E-state index >= 15 is 0 Å². The fourth-order valence-electron chi connectivity index (χ4n) is 1.50. The number of rotatable bonds is 5. The summed E-state index contributed by atoms with van der Waals surface area (Å²) in [5.74, 6) is -0.181. The van der Waals surface area contributed by atoms with Gasteiger partial charge in [0.2, 0.25) is 0 Å². The lowest BCUT2D eigenvalue weighted by Crippen LogP contribution is -2.41. The van der Waals surface area contributed by atoms with Gasteiger partial charge in [-0.1, -0.05) is 0 Å². The van der Waals surface area contributed by atoms with Gasteiger partial charge in [0.05, 0.1) is 26.9 Å². The Morgan fingerprint density at radius 3 is 2.73 bits per heavy atom. The van der Waals surface area contributed by atoms with Gasteiger partial charge in [0.1, 0.15) is 0 Å². The number of methoxy groups -OCH3 is 1. The minimum Gasteiger partial charge on any atom is -0.468 e. The average Bonchev–Trinajstić information content (AvgIpc) is 2.27. The van der Waals surface area contributed by atoms with Crippen molar-refractivity contribution in [2.24, 2.45) is 0 Å². The second kappa shape index (κ2) is 6.76. The predicted octanol–water partition coefficient (Wildman–Crippen LogP) is -0.577. The minimum absolute atomic E-state index is 0.181. The summed E-state index contributed by atoms with van der Waals surface area (Å²) < 4.78 is 9.86. The topological polar surface area (TPSA) is 42.0 Å². The van der Waals surface area contributed by atoms with Gasteiger partial charge in [-0.2, -0.15) is 0 Å². The van der Waals surface area contributed by atoms with Crippen molar-refractivity contribution in [3.63, 3.8) is 0 Å². The highest BCUT2D eigenvalue weighted by atomic mass is 16.5. The van der Waals surface area contributed by atoms with Crippen LogP contribution in [0.25, 0.3) is 0 Å². The van der Waals surface area contributed by atoms with E-state index in [0.717, 1.165) is 39.4 Å². The van der Waals surface area contributed by atoms with Gasteiger partial charge in [0.15, 0.2) is 0 Å². The van der Waals surface area contributed by atoms with E-state index in [1.807, 2.05) is 11.9 Å². The maximum Gasteiger partial charge on any atom is 0.319 e. The van der Waals surface area contributed by atoms with Crippen LogP contribution in [0.2, 0.25) is 0 Å². The molecule has 0 spiro atoms. The molecule has 5 nitrogen and oxygen atoms in total. The number of ether oxygens (including phenoxy) is 2. The van der Waals surface area contributed by atoms with Crippen LogP contribution in [0.15, 0.2) is 0 Å². The minimum atomic E-state index is -0.181. The predicted molar refractivity (Wildman–Crippen MR) is 56.8 cm³/mol. The van der Waals surface area contributed by atoms with E-state index in [0.29, 0.717) is 6.54 Å². The molecular weight excluding hydrogens is 196 g/mol. The largest absolute Gasteiger partial charge is 0.468 e. The van der Waals surface area contributed by atoms with Crippen molar-refractivity contribution in [3.05, 3.63) is 0 Å². The molecular formula is C10H20N2O3. The Labute approximate surface area is 90.9 Å². The number of hydrogen-bond acceptors (Lipinski definition) is 5. The third-order valence-electron chi connectivity index (χ3n) is 2.53. The first-order chi connectivity index (χ1) is 7.22. The molecule has 1 rings (SSSR count). The summed E-state index contributed by atoms with van der Waals surface area (Å²) in [5.41, 5.74) is 0. The highest BCUT2D eigenvalue weighted by Crippen LogP contribution is 1.96. The van der Waals surface area contributed by atoms with E-state index in [9.17, 15) is 4.79 Å². The zero-order valence-electron chi connectivity index (χ0n) is 9.57. The number of carbonyl (C=O) groups is 1. The van der Waals surface area contributed by atoms with Crippen LogP contribution in [0.3, 0.4) is 0 Å². The zero-order chi connectivity index (χ0) is 11.1. The van der Waals surface area contributed by atoms with Crippen molar-refractivity contribution < 1.29 is 14.3 Å². The van der Waals surface area contributed by atoms with E-state index in [2.05, 4.69) is 9.64 Å². The Kier molecular flexibility index (Phi) is 5.60. The maximum atomic E-state index is 11.0. The number of nitrogens with zero attached hydrogens (tertiary/aromatic N) is 2. The normalized spacial score (nSPS) is 18.1. The van der Waals surface area contributed by atoms with Gasteiger partial charge in [0.25, 0.3) is 0 Å². The highest BCUT2D eigenvalue weighted by molar-refractivity contribution is 5.71. The molecule has 1 fully saturated rings. The van der Waals surface area contributed by atoms with E-state index in [1.165, 1.54) is 7.11 Å². The van der Waals surface area contributed by atoms with Crippen molar-refractivity contribution >= 4 is 5.97 Å². The molecule has 0 N–H and O–H groups in total. The zero-order valence-corrected chi connectivity index (χ0v) is 9.57. The molecule has 1 aliphatic rings. The molecule has 1 saturated heterocycles. The lowest BCUT2D eigenvalue weighted by molar-refractivity contribution is -0.141. The lowest BCUT2D eigenvalue weighted by Gasteiger charge is -2.28. The number of likely N-dealkylation sites (N-methyl/N-ethyl adjacent to an activating group) is 1. The van der Waals surface area contributed by atoms with Crippen LogP contribution in [0.5, 0.6) is 0 Å². The van der Waals surface area contributed by atoms with Crippen LogP contribution in [-0.2, 0) is 14.3 Å². The Morgan fingerprint density at radius 1 is 1.47 bits per heavy atom. The summed E-state index contributed by atoms with van der Waals surface area (Å²) in [6.45, 7) is 5.85. The van der Waals surface area contributed by atoms with Crippen LogP contribution in [-0.4, -0.2) is 75.9 Å². The second-order valence-corrected chi connectivity index (χ2v) is 3.77. The number of hydrogen-bond donors (Lipinski definition) is 0. The van der Waals surface area contributed by atoms with Gasteiger partial charge in [0, 0.05) is 26.2 Å². The lowest BCUT2D eigenvalue weighted by atomic mass is 10.4. The molecule has 1 aliphatic heterocycles. The molecule has 0 saturated carbocycles. The van der Waals surface area contributed by atoms with Crippen molar-refractivity contribution in [2.75, 3.05) is 60.1 Å². The Morgan fingerprint density at radius 2 is 2.13 bits per heavy atom. The first-order valence-electron chi connectivity index (χ1n) is 5.28. The summed E-state index contributed by atoms with van der Waals surface area (Å²) in [6.07, 6.45) is 0. The molecule has 0 atom stereocenters. The van der Waals surface area contributed by atoms with Crippen molar-refractivity contribution in [1.82, 2.24) is 9.80 Å². The van der Waals surface area contributed by atoms with Crippen LogP contribution >= 0.6 is 0 Å². The van der Waals surface area contributed by atoms with Crippen LogP contribution in [0.4, 0.5) is 0 Å². The summed E-state index contributed by atoms with van der Waals surface area (Å²) in [6, 6.07) is 0. The van der Waals surface area contributed by atoms with E-state index in [4.69, 9.17) is 4.74 Å². The monoisotopic (exact) mass is 216 g/mol. The summed E-state index contributed by atoms with van der Waals surface area (Å²) in [5, 5.41) is 0. The first-order valence-corrected chi connectivity index (χ1v) is 5.28. The summed E-state index contributed by atoms with van der Waals surface area (Å²) in [7, 11) is 3.34. The molecule has 0 bridgehead atoms. The van der Waals surface area contributed by atoms with Gasteiger partial charge < -0.3 is 9.47 Å². The third-order valence-corrected chi connectivity index (χ3v) is 2.53. The fourth-order valence-corrected chi connectivity index (χ4v) is 1.50. The Bertz CT molecular complexity index is 193. The Hall–Kier alpha value is -0.650. The summed E-state index contributed by atoms with van der Waals surface area (Å²) in [4.78, 5) is 15.3. The molecule has 0 aromatic carbocycles. The molecule has 0 radical (unpaired) electrons. The standard InChI is InChI=1S/C10H20N2O3/c1-11(9-10(13)14-2)3-4-12-5-7-15-8-6-12/h3-9H2,1-2H3. The molecule has 5 heteroatoms. The van der Waals surface area contributed by atoms with Gasteiger partial charge >= 0.3 is 5.97 Å². The Balaban J connectivity index is 2.09. The van der Waals surface area contributed by atoms with Crippen molar-refractivity contribution in [2.45, 2.75) is 0 Å². The van der Waals surface area contributed by atoms with E-state index in [1.54, 1.807) is 0 Å². The average molecular weight is 216 g/mol. The van der Waals surface area contributed by atoms with Gasteiger partial charge in [-0.15, -0.1) is 0 Å². The fraction of sp³-hybridized carbons (Fsp3) is 0.900. The highest BCUT2D eigenvalue weighted by Gasteiger charge is 2.12. The van der Waals surface area contributed by atoms with E-state index < -0.39 is 0 Å². The van der Waals surface area contributed by atoms with Gasteiger partial charge in [-0.3, -0.25) is 14.6 Å².